The van der Waals surface area contributed by atoms with Crippen LogP contribution in [0.4, 0.5) is 0 Å². The molecule has 5 heteroatoms. The number of quaternary nitrogens is 1. The Balaban J connectivity index is 2.03. The zero-order chi connectivity index (χ0) is 18.9. The van der Waals surface area contributed by atoms with Gasteiger partial charge in [0.25, 0.3) is 5.91 Å². The van der Waals surface area contributed by atoms with Crippen LogP contribution in [0.2, 0.25) is 0 Å². The molecule has 0 radical (unpaired) electrons. The molecule has 0 spiro atoms. The fraction of sp³-hybridized carbons (Fsp3) is 0.238. The van der Waals surface area contributed by atoms with Gasteiger partial charge in [-0.3, -0.25) is 9.59 Å². The average molecular weight is 352 g/mol. The lowest BCUT2D eigenvalue weighted by Gasteiger charge is -2.11. The SMILES string of the molecule is CC(=O)N/C(=C\c1ccccc1)C(=O)NCc1ccc(C[NH+](C)C)cc1. The van der Waals surface area contributed by atoms with Crippen LogP contribution in [0.3, 0.4) is 0 Å². The Morgan fingerprint density at radius 1 is 0.962 bits per heavy atom. The lowest BCUT2D eigenvalue weighted by atomic mass is 10.1. The first-order valence-corrected chi connectivity index (χ1v) is 8.63. The van der Waals surface area contributed by atoms with Gasteiger partial charge < -0.3 is 15.5 Å². The quantitative estimate of drug-likeness (QED) is 0.654. The van der Waals surface area contributed by atoms with Gasteiger partial charge in [-0.1, -0.05) is 54.6 Å². The summed E-state index contributed by atoms with van der Waals surface area (Å²) in [4.78, 5) is 25.2. The van der Waals surface area contributed by atoms with Gasteiger partial charge in [0.1, 0.15) is 12.2 Å². The number of benzene rings is 2. The third-order valence-corrected chi connectivity index (χ3v) is 3.70. The lowest BCUT2D eigenvalue weighted by molar-refractivity contribution is -0.872. The zero-order valence-electron chi connectivity index (χ0n) is 15.5. The van der Waals surface area contributed by atoms with Gasteiger partial charge in [-0.15, -0.1) is 0 Å². The van der Waals surface area contributed by atoms with Crippen molar-refractivity contribution in [1.29, 1.82) is 0 Å². The van der Waals surface area contributed by atoms with E-state index in [4.69, 9.17) is 0 Å². The molecule has 136 valence electrons. The fourth-order valence-electron chi connectivity index (χ4n) is 2.52. The van der Waals surface area contributed by atoms with Gasteiger partial charge in [0.05, 0.1) is 14.1 Å². The summed E-state index contributed by atoms with van der Waals surface area (Å²) in [7, 11) is 4.22. The van der Waals surface area contributed by atoms with E-state index in [0.717, 1.165) is 17.7 Å². The monoisotopic (exact) mass is 352 g/mol. The number of carbonyl (C=O) groups is 2. The van der Waals surface area contributed by atoms with Crippen LogP contribution in [0.25, 0.3) is 6.08 Å². The number of carbonyl (C=O) groups excluding carboxylic acids is 2. The number of hydrogen-bond acceptors (Lipinski definition) is 2. The number of nitrogens with one attached hydrogen (secondary N) is 3. The summed E-state index contributed by atoms with van der Waals surface area (Å²) < 4.78 is 0. The molecule has 2 aromatic carbocycles. The second-order valence-electron chi connectivity index (χ2n) is 6.53. The fourth-order valence-corrected chi connectivity index (χ4v) is 2.52. The van der Waals surface area contributed by atoms with Crippen LogP contribution in [0.1, 0.15) is 23.6 Å². The first-order chi connectivity index (χ1) is 12.4. The first-order valence-electron chi connectivity index (χ1n) is 8.63. The van der Waals surface area contributed by atoms with Crippen LogP contribution >= 0.6 is 0 Å². The van der Waals surface area contributed by atoms with Crippen molar-refractivity contribution in [3.63, 3.8) is 0 Å². The van der Waals surface area contributed by atoms with E-state index in [0.29, 0.717) is 6.54 Å². The summed E-state index contributed by atoms with van der Waals surface area (Å²) in [6.07, 6.45) is 1.67. The van der Waals surface area contributed by atoms with E-state index in [9.17, 15) is 9.59 Å². The third kappa shape index (κ3) is 6.53. The van der Waals surface area contributed by atoms with Crippen molar-refractivity contribution < 1.29 is 14.5 Å². The molecule has 0 aliphatic rings. The van der Waals surface area contributed by atoms with Crippen LogP contribution in [-0.2, 0) is 22.7 Å². The lowest BCUT2D eigenvalue weighted by Crippen LogP contribution is -3.04. The minimum atomic E-state index is -0.314. The normalized spacial score (nSPS) is 11.3. The topological polar surface area (TPSA) is 62.6 Å². The highest BCUT2D eigenvalue weighted by Gasteiger charge is 2.11. The van der Waals surface area contributed by atoms with E-state index in [-0.39, 0.29) is 17.5 Å². The molecule has 26 heavy (non-hydrogen) atoms. The van der Waals surface area contributed by atoms with E-state index in [1.54, 1.807) is 6.08 Å². The van der Waals surface area contributed by atoms with Crippen molar-refractivity contribution >= 4 is 17.9 Å². The Kier molecular flexibility index (Phi) is 7.12. The summed E-state index contributed by atoms with van der Waals surface area (Å²) in [5.74, 6) is -0.594. The van der Waals surface area contributed by atoms with Gasteiger partial charge in [0, 0.05) is 19.0 Å². The summed E-state index contributed by atoms with van der Waals surface area (Å²) in [5, 5.41) is 5.46. The van der Waals surface area contributed by atoms with Crippen LogP contribution in [0.5, 0.6) is 0 Å². The maximum absolute atomic E-state index is 12.5. The van der Waals surface area contributed by atoms with Gasteiger partial charge >= 0.3 is 0 Å². The second-order valence-corrected chi connectivity index (χ2v) is 6.53. The Bertz CT molecular complexity index is 766. The Labute approximate surface area is 154 Å². The molecule has 2 aromatic rings. The standard InChI is InChI=1S/C21H25N3O2/c1-16(25)23-20(13-17-7-5-4-6-8-17)21(26)22-14-18-9-11-19(12-10-18)15-24(2)3/h4-13H,14-15H2,1-3H3,(H,22,26)(H,23,25)/p+1/b20-13-. The highest BCUT2D eigenvalue weighted by atomic mass is 16.2. The molecular weight excluding hydrogens is 326 g/mol. The van der Waals surface area contributed by atoms with E-state index in [1.807, 2.05) is 42.5 Å². The molecule has 0 unspecified atom stereocenters. The molecule has 0 aliphatic heterocycles. The Hall–Kier alpha value is -2.92. The van der Waals surface area contributed by atoms with E-state index in [1.165, 1.54) is 17.4 Å². The van der Waals surface area contributed by atoms with Gasteiger partial charge in [0.2, 0.25) is 5.91 Å². The van der Waals surface area contributed by atoms with Gasteiger partial charge in [-0.05, 0) is 17.2 Å². The molecule has 0 saturated heterocycles. The first kappa shape index (κ1) is 19.4. The molecular formula is C21H26N3O2+. The van der Waals surface area contributed by atoms with Crippen molar-refractivity contribution in [3.05, 3.63) is 77.0 Å². The summed E-state index contributed by atoms with van der Waals surface area (Å²) in [5.41, 5.74) is 3.35. The van der Waals surface area contributed by atoms with Gasteiger partial charge in [-0.2, -0.15) is 0 Å². The van der Waals surface area contributed by atoms with Crippen LogP contribution < -0.4 is 15.5 Å². The smallest absolute Gasteiger partial charge is 0.268 e. The molecule has 0 aromatic heterocycles. The molecule has 0 saturated carbocycles. The summed E-state index contributed by atoms with van der Waals surface area (Å²) in [6.45, 7) is 2.75. The van der Waals surface area contributed by atoms with Crippen molar-refractivity contribution in [2.45, 2.75) is 20.0 Å². The average Bonchev–Trinajstić information content (AvgIpc) is 2.60. The van der Waals surface area contributed by atoms with Crippen LogP contribution in [0.15, 0.2) is 60.3 Å². The number of hydrogen-bond donors (Lipinski definition) is 3. The third-order valence-electron chi connectivity index (χ3n) is 3.70. The highest BCUT2D eigenvalue weighted by molar-refractivity contribution is 6.00. The summed E-state index contributed by atoms with van der Waals surface area (Å²) >= 11 is 0. The summed E-state index contributed by atoms with van der Waals surface area (Å²) in [6, 6.07) is 17.6. The maximum Gasteiger partial charge on any atom is 0.268 e. The minimum absolute atomic E-state index is 0.233. The van der Waals surface area contributed by atoms with Crippen molar-refractivity contribution in [1.82, 2.24) is 10.6 Å². The molecule has 0 bridgehead atoms. The Morgan fingerprint density at radius 3 is 2.15 bits per heavy atom. The van der Waals surface area contributed by atoms with Crippen molar-refractivity contribution in [3.8, 4) is 0 Å². The molecule has 3 N–H and O–H groups in total. The molecule has 0 aliphatic carbocycles. The molecule has 2 amide bonds. The molecule has 2 rings (SSSR count). The number of rotatable bonds is 7. The molecule has 0 fully saturated rings. The second kappa shape index (κ2) is 9.53. The van der Waals surface area contributed by atoms with E-state index in [2.05, 4.69) is 36.9 Å². The van der Waals surface area contributed by atoms with E-state index >= 15 is 0 Å². The van der Waals surface area contributed by atoms with Crippen molar-refractivity contribution in [2.24, 2.45) is 0 Å². The minimum Gasteiger partial charge on any atom is -0.347 e. The van der Waals surface area contributed by atoms with Gasteiger partial charge in [-0.25, -0.2) is 0 Å². The molecule has 0 atom stereocenters. The van der Waals surface area contributed by atoms with E-state index < -0.39 is 0 Å². The van der Waals surface area contributed by atoms with Gasteiger partial charge in [0.15, 0.2) is 0 Å². The molecule has 0 heterocycles. The predicted molar refractivity (Wildman–Crippen MR) is 103 cm³/mol. The number of amides is 2. The maximum atomic E-state index is 12.5. The predicted octanol–water partition coefficient (Wildman–Crippen LogP) is 1.12. The van der Waals surface area contributed by atoms with Crippen LogP contribution in [-0.4, -0.2) is 25.9 Å². The van der Waals surface area contributed by atoms with Crippen molar-refractivity contribution in [2.75, 3.05) is 14.1 Å². The highest BCUT2D eigenvalue weighted by Crippen LogP contribution is 2.07. The molecule has 5 nitrogen and oxygen atoms in total. The Morgan fingerprint density at radius 2 is 1.58 bits per heavy atom. The zero-order valence-corrected chi connectivity index (χ0v) is 15.5. The largest absolute Gasteiger partial charge is 0.347 e. The van der Waals surface area contributed by atoms with Crippen LogP contribution in [0, 0.1) is 0 Å².